The van der Waals surface area contributed by atoms with Crippen molar-refractivity contribution in [1.82, 2.24) is 14.6 Å². The van der Waals surface area contributed by atoms with Crippen LogP contribution in [0.1, 0.15) is 17.8 Å². The summed E-state index contributed by atoms with van der Waals surface area (Å²) in [5.41, 5.74) is 0.943. The molecule has 0 radical (unpaired) electrons. The molecule has 6 nitrogen and oxygen atoms in total. The highest BCUT2D eigenvalue weighted by molar-refractivity contribution is 7.91. The summed E-state index contributed by atoms with van der Waals surface area (Å²) in [6.45, 7) is 1.16. The fraction of sp³-hybridized carbons (Fsp3) is 0.333. The number of benzene rings is 1. The molecule has 0 atom stereocenters. The van der Waals surface area contributed by atoms with Gasteiger partial charge in [0.1, 0.15) is 9.22 Å². The van der Waals surface area contributed by atoms with E-state index in [1.807, 2.05) is 24.3 Å². The van der Waals surface area contributed by atoms with Crippen LogP contribution in [0.4, 0.5) is 0 Å². The first-order valence-electron chi connectivity index (χ1n) is 8.70. The van der Waals surface area contributed by atoms with Crippen LogP contribution in [0.15, 0.2) is 46.0 Å². The summed E-state index contributed by atoms with van der Waals surface area (Å²) in [4.78, 5) is 17.0. The van der Waals surface area contributed by atoms with E-state index in [4.69, 9.17) is 0 Å². The van der Waals surface area contributed by atoms with Gasteiger partial charge >= 0.3 is 0 Å². The van der Waals surface area contributed by atoms with Crippen LogP contribution in [0.25, 0.3) is 10.2 Å². The number of sulfonamides is 1. The summed E-state index contributed by atoms with van der Waals surface area (Å²) >= 11 is 2.80. The number of nitrogens with zero attached hydrogens (tertiary/aromatic N) is 2. The third-order valence-corrected chi connectivity index (χ3v) is 8.97. The molecule has 0 spiro atoms. The number of hydrogen-bond acceptors (Lipinski definition) is 6. The Morgan fingerprint density at radius 1 is 1.19 bits per heavy atom. The van der Waals surface area contributed by atoms with Crippen molar-refractivity contribution in [2.75, 3.05) is 13.1 Å². The van der Waals surface area contributed by atoms with E-state index in [0.29, 0.717) is 36.7 Å². The van der Waals surface area contributed by atoms with Crippen molar-refractivity contribution in [3.8, 4) is 0 Å². The van der Waals surface area contributed by atoms with Gasteiger partial charge in [-0.3, -0.25) is 4.79 Å². The van der Waals surface area contributed by atoms with Crippen LogP contribution in [0.5, 0.6) is 0 Å². The molecule has 4 rings (SSSR count). The van der Waals surface area contributed by atoms with Gasteiger partial charge < -0.3 is 5.32 Å². The quantitative estimate of drug-likeness (QED) is 0.687. The number of carbonyl (C=O) groups is 1. The van der Waals surface area contributed by atoms with Crippen molar-refractivity contribution in [3.63, 3.8) is 0 Å². The third kappa shape index (κ3) is 3.91. The first-order valence-corrected chi connectivity index (χ1v) is 11.8. The molecular weight excluding hydrogens is 402 g/mol. The first kappa shape index (κ1) is 18.5. The molecule has 1 fully saturated rings. The van der Waals surface area contributed by atoms with Crippen LogP contribution in [-0.4, -0.2) is 36.7 Å². The van der Waals surface area contributed by atoms with Crippen molar-refractivity contribution in [2.45, 2.75) is 23.6 Å². The number of carbonyl (C=O) groups excluding carboxylic acids is 1. The molecule has 1 amide bonds. The van der Waals surface area contributed by atoms with Gasteiger partial charge in [0, 0.05) is 19.0 Å². The van der Waals surface area contributed by atoms with Crippen LogP contribution in [-0.2, 0) is 21.4 Å². The highest BCUT2D eigenvalue weighted by Gasteiger charge is 2.32. The largest absolute Gasteiger partial charge is 0.349 e. The lowest BCUT2D eigenvalue weighted by Gasteiger charge is -2.30. The topological polar surface area (TPSA) is 79.4 Å². The Kier molecular flexibility index (Phi) is 5.27. The normalized spacial score (nSPS) is 16.6. The average molecular weight is 422 g/mol. The number of amides is 1. The van der Waals surface area contributed by atoms with E-state index in [1.165, 1.54) is 15.6 Å². The van der Waals surface area contributed by atoms with Gasteiger partial charge in [-0.1, -0.05) is 18.2 Å². The highest BCUT2D eigenvalue weighted by Crippen LogP contribution is 2.27. The number of thiophene rings is 1. The second-order valence-corrected chi connectivity index (χ2v) is 10.6. The van der Waals surface area contributed by atoms with Gasteiger partial charge in [-0.05, 0) is 36.4 Å². The van der Waals surface area contributed by atoms with Gasteiger partial charge in [0.05, 0.1) is 16.8 Å². The van der Waals surface area contributed by atoms with Crippen LogP contribution in [0.2, 0.25) is 0 Å². The third-order valence-electron chi connectivity index (χ3n) is 4.67. The summed E-state index contributed by atoms with van der Waals surface area (Å²) in [6, 6.07) is 11.3. The number of para-hydroxylation sites is 1. The highest BCUT2D eigenvalue weighted by atomic mass is 32.2. The fourth-order valence-corrected chi connectivity index (χ4v) is 6.72. The number of fused-ring (bicyclic) bond motifs is 1. The molecule has 3 heterocycles. The zero-order valence-corrected chi connectivity index (χ0v) is 16.9. The van der Waals surface area contributed by atoms with E-state index in [9.17, 15) is 13.2 Å². The molecule has 1 aliphatic rings. The molecule has 2 aromatic heterocycles. The van der Waals surface area contributed by atoms with Crippen molar-refractivity contribution in [2.24, 2.45) is 5.92 Å². The van der Waals surface area contributed by atoms with Crippen LogP contribution in [0, 0.1) is 5.92 Å². The monoisotopic (exact) mass is 421 g/mol. The van der Waals surface area contributed by atoms with Crippen molar-refractivity contribution in [1.29, 1.82) is 0 Å². The lowest BCUT2D eigenvalue weighted by Crippen LogP contribution is -2.42. The summed E-state index contributed by atoms with van der Waals surface area (Å²) in [5.74, 6) is -0.184. The molecule has 142 valence electrons. The number of hydrogen-bond donors (Lipinski definition) is 1. The molecule has 1 N–H and O–H groups in total. The summed E-state index contributed by atoms with van der Waals surface area (Å²) in [7, 11) is -3.43. The Labute approximate surface area is 165 Å². The number of nitrogens with one attached hydrogen (secondary N) is 1. The predicted octanol–water partition coefficient (Wildman–Crippen LogP) is 3.07. The summed E-state index contributed by atoms with van der Waals surface area (Å²) in [6.07, 6.45) is 1.08. The molecule has 1 saturated heterocycles. The van der Waals surface area contributed by atoms with Gasteiger partial charge in [0.2, 0.25) is 5.91 Å². The number of thiazole rings is 1. The van der Waals surface area contributed by atoms with E-state index in [1.54, 1.807) is 28.8 Å². The second-order valence-electron chi connectivity index (χ2n) is 6.40. The van der Waals surface area contributed by atoms with E-state index in [0.717, 1.165) is 15.2 Å². The van der Waals surface area contributed by atoms with E-state index in [-0.39, 0.29) is 11.8 Å². The Morgan fingerprint density at radius 2 is 1.96 bits per heavy atom. The van der Waals surface area contributed by atoms with Gasteiger partial charge in [-0.15, -0.1) is 22.7 Å². The maximum Gasteiger partial charge on any atom is 0.252 e. The number of piperidine rings is 1. The van der Waals surface area contributed by atoms with E-state index in [2.05, 4.69) is 10.3 Å². The molecule has 0 unspecified atom stereocenters. The SMILES string of the molecule is O=C(NCc1nc2ccccc2s1)C1CCN(S(=O)(=O)c2cccs2)CC1. The van der Waals surface area contributed by atoms with Gasteiger partial charge in [-0.2, -0.15) is 4.31 Å². The molecule has 3 aromatic rings. The molecule has 1 aromatic carbocycles. The van der Waals surface area contributed by atoms with Crippen molar-refractivity contribution >= 4 is 48.8 Å². The van der Waals surface area contributed by atoms with Gasteiger partial charge in [-0.25, -0.2) is 13.4 Å². The zero-order chi connectivity index (χ0) is 18.9. The molecule has 0 aliphatic carbocycles. The van der Waals surface area contributed by atoms with Crippen LogP contribution >= 0.6 is 22.7 Å². The summed E-state index contributed by atoms with van der Waals surface area (Å²) < 4.78 is 28.0. The minimum Gasteiger partial charge on any atom is -0.349 e. The van der Waals surface area contributed by atoms with Crippen molar-refractivity contribution < 1.29 is 13.2 Å². The minimum absolute atomic E-state index is 0.0255. The minimum atomic E-state index is -3.43. The smallest absolute Gasteiger partial charge is 0.252 e. The molecule has 27 heavy (non-hydrogen) atoms. The van der Waals surface area contributed by atoms with Gasteiger partial charge in [0.25, 0.3) is 10.0 Å². The maximum absolute atomic E-state index is 12.5. The Bertz CT molecular complexity index is 1000. The zero-order valence-electron chi connectivity index (χ0n) is 14.5. The van der Waals surface area contributed by atoms with Crippen LogP contribution < -0.4 is 5.32 Å². The Morgan fingerprint density at radius 3 is 2.67 bits per heavy atom. The predicted molar refractivity (Wildman–Crippen MR) is 107 cm³/mol. The average Bonchev–Trinajstić information content (AvgIpc) is 3.36. The molecular formula is C18H19N3O3S3. The Balaban J connectivity index is 1.32. The van der Waals surface area contributed by atoms with Crippen LogP contribution in [0.3, 0.4) is 0 Å². The maximum atomic E-state index is 12.5. The Hall–Kier alpha value is -1.81. The lowest BCUT2D eigenvalue weighted by molar-refractivity contribution is -0.126. The molecule has 1 aliphatic heterocycles. The number of aromatic nitrogens is 1. The second kappa shape index (κ2) is 7.67. The molecule has 0 saturated carbocycles. The standard InChI is InChI=1S/C18H19N3O3S3/c22-18(19-12-16-20-14-4-1-2-5-15(14)26-16)13-7-9-21(10-8-13)27(23,24)17-6-3-11-25-17/h1-6,11,13H,7-10,12H2,(H,19,22). The summed E-state index contributed by atoms with van der Waals surface area (Å²) in [5, 5.41) is 5.59. The first-order chi connectivity index (χ1) is 13.0. The number of rotatable bonds is 5. The fourth-order valence-electron chi connectivity index (χ4n) is 3.20. The van der Waals surface area contributed by atoms with Gasteiger partial charge in [0.15, 0.2) is 0 Å². The van der Waals surface area contributed by atoms with E-state index >= 15 is 0 Å². The molecule has 0 bridgehead atoms. The lowest BCUT2D eigenvalue weighted by atomic mass is 9.97. The van der Waals surface area contributed by atoms with E-state index < -0.39 is 10.0 Å². The molecule has 9 heteroatoms. The van der Waals surface area contributed by atoms with Crippen molar-refractivity contribution in [3.05, 3.63) is 46.8 Å².